The summed E-state index contributed by atoms with van der Waals surface area (Å²) in [7, 11) is 3.20. The molecule has 236 valence electrons. The monoisotopic (exact) mass is 625 g/mol. The number of rotatable bonds is 10. The third-order valence-electron chi connectivity index (χ3n) is 8.36. The van der Waals surface area contributed by atoms with Crippen LogP contribution in [-0.2, 0) is 6.42 Å². The minimum Gasteiger partial charge on any atom is -0.493 e. The molecule has 0 atom stereocenters. The molecule has 0 unspecified atom stereocenters. The van der Waals surface area contributed by atoms with E-state index in [1.54, 1.807) is 32.7 Å². The van der Waals surface area contributed by atoms with Crippen molar-refractivity contribution in [3.05, 3.63) is 136 Å². The predicted molar refractivity (Wildman–Crippen MR) is 187 cm³/mol. The van der Waals surface area contributed by atoms with Gasteiger partial charge in [-0.05, 0) is 101 Å². The number of carbonyl (C=O) groups is 1. The van der Waals surface area contributed by atoms with E-state index in [1.807, 2.05) is 90.7 Å². The minimum atomic E-state index is -0.163. The van der Waals surface area contributed by atoms with Crippen molar-refractivity contribution in [1.82, 2.24) is 9.97 Å². The van der Waals surface area contributed by atoms with Crippen LogP contribution in [0.1, 0.15) is 27.0 Å². The summed E-state index contributed by atoms with van der Waals surface area (Å²) in [4.78, 5) is 33.6. The van der Waals surface area contributed by atoms with Gasteiger partial charge in [-0.2, -0.15) is 0 Å². The number of fused-ring (bicyclic) bond motifs is 1. The number of nitrogens with zero attached hydrogens (tertiary/aromatic N) is 1. The molecule has 5 N–H and O–H groups in total. The quantitative estimate of drug-likeness (QED) is 0.0993. The van der Waals surface area contributed by atoms with Crippen molar-refractivity contribution in [3.63, 3.8) is 0 Å². The van der Waals surface area contributed by atoms with E-state index in [0.29, 0.717) is 35.6 Å². The Morgan fingerprint density at radius 1 is 0.787 bits per heavy atom. The minimum absolute atomic E-state index is 0.0000544. The maximum atomic E-state index is 14.3. The zero-order valence-corrected chi connectivity index (χ0v) is 26.4. The molecule has 2 aromatic heterocycles. The lowest BCUT2D eigenvalue weighted by molar-refractivity contribution is 0.0987. The summed E-state index contributed by atoms with van der Waals surface area (Å²) in [5, 5.41) is 8.81. The number of methoxy groups -OCH3 is 2. The fourth-order valence-corrected chi connectivity index (χ4v) is 5.82. The van der Waals surface area contributed by atoms with Crippen LogP contribution in [0.2, 0.25) is 0 Å². The highest BCUT2D eigenvalue weighted by Gasteiger charge is 2.21. The Kier molecular flexibility index (Phi) is 8.62. The van der Waals surface area contributed by atoms with Crippen LogP contribution in [0.4, 0.5) is 5.69 Å². The SMILES string of the molecule is COc1ccc(-c2ccc(C(=O)N(CCc3ccc4[nH]cc(C(=N)N)c4c3)c3ccc(-c4ccc(=O)[nH]c4)cc3C)cc2)cc1OC. The van der Waals surface area contributed by atoms with Crippen molar-refractivity contribution >= 4 is 28.3 Å². The second kappa shape index (κ2) is 13.1. The smallest absolute Gasteiger partial charge is 0.258 e. The number of aromatic amines is 2. The lowest BCUT2D eigenvalue weighted by Gasteiger charge is -2.25. The lowest BCUT2D eigenvalue weighted by Crippen LogP contribution is -2.33. The zero-order chi connectivity index (χ0) is 33.1. The Balaban J connectivity index is 1.33. The molecular formula is C38H35N5O4. The van der Waals surface area contributed by atoms with Crippen LogP contribution >= 0.6 is 0 Å². The fraction of sp³-hybridized carbons (Fsp3) is 0.132. The highest BCUT2D eigenvalue weighted by Crippen LogP contribution is 2.33. The first kappa shape index (κ1) is 30.9. The number of H-pyrrole nitrogens is 2. The maximum Gasteiger partial charge on any atom is 0.258 e. The predicted octanol–water partition coefficient (Wildman–Crippen LogP) is 6.69. The van der Waals surface area contributed by atoms with Crippen LogP contribution in [0.5, 0.6) is 11.5 Å². The van der Waals surface area contributed by atoms with E-state index in [4.69, 9.17) is 20.6 Å². The number of nitrogens with one attached hydrogen (secondary N) is 3. The topological polar surface area (TPSA) is 137 Å². The van der Waals surface area contributed by atoms with E-state index in [-0.39, 0.29) is 17.3 Å². The highest BCUT2D eigenvalue weighted by atomic mass is 16.5. The highest BCUT2D eigenvalue weighted by molar-refractivity contribution is 6.08. The van der Waals surface area contributed by atoms with Gasteiger partial charge in [0.25, 0.3) is 5.91 Å². The maximum absolute atomic E-state index is 14.3. The first-order valence-electron chi connectivity index (χ1n) is 15.1. The first-order chi connectivity index (χ1) is 22.7. The number of benzene rings is 4. The number of nitrogen functional groups attached to an aromatic ring is 1. The molecule has 6 rings (SSSR count). The van der Waals surface area contributed by atoms with Gasteiger partial charge >= 0.3 is 0 Å². The zero-order valence-electron chi connectivity index (χ0n) is 26.4. The number of anilines is 1. The molecule has 4 aromatic carbocycles. The third-order valence-corrected chi connectivity index (χ3v) is 8.36. The summed E-state index contributed by atoms with van der Waals surface area (Å²) in [6.07, 6.45) is 4.01. The van der Waals surface area contributed by atoms with Gasteiger partial charge < -0.3 is 30.1 Å². The molecule has 0 aliphatic rings. The molecule has 0 saturated carbocycles. The number of pyridine rings is 1. The van der Waals surface area contributed by atoms with Gasteiger partial charge in [-0.1, -0.05) is 30.3 Å². The molecule has 6 aromatic rings. The van der Waals surface area contributed by atoms with E-state index in [1.165, 1.54) is 6.07 Å². The number of amidine groups is 1. The molecule has 2 heterocycles. The number of nitrogens with two attached hydrogens (primary N) is 1. The van der Waals surface area contributed by atoms with Crippen molar-refractivity contribution in [3.8, 4) is 33.8 Å². The molecule has 1 amide bonds. The summed E-state index contributed by atoms with van der Waals surface area (Å²) >= 11 is 0. The van der Waals surface area contributed by atoms with Crippen molar-refractivity contribution < 1.29 is 14.3 Å². The Labute approximate surface area is 272 Å². The van der Waals surface area contributed by atoms with Gasteiger partial charge in [0.2, 0.25) is 5.56 Å². The van der Waals surface area contributed by atoms with E-state index in [9.17, 15) is 9.59 Å². The molecule has 0 bridgehead atoms. The van der Waals surface area contributed by atoms with Gasteiger partial charge in [0, 0.05) is 52.7 Å². The molecule has 47 heavy (non-hydrogen) atoms. The van der Waals surface area contributed by atoms with Crippen molar-refractivity contribution in [2.45, 2.75) is 13.3 Å². The third kappa shape index (κ3) is 6.37. The largest absolute Gasteiger partial charge is 0.493 e. The van der Waals surface area contributed by atoms with Crippen molar-refractivity contribution in [1.29, 1.82) is 5.41 Å². The molecule has 0 aliphatic heterocycles. The van der Waals surface area contributed by atoms with Gasteiger partial charge in [0.15, 0.2) is 11.5 Å². The second-order valence-corrected chi connectivity index (χ2v) is 11.3. The number of amides is 1. The second-order valence-electron chi connectivity index (χ2n) is 11.3. The Hall–Kier alpha value is -6.09. The van der Waals surface area contributed by atoms with E-state index in [0.717, 1.165) is 50.0 Å². The van der Waals surface area contributed by atoms with E-state index in [2.05, 4.69) is 9.97 Å². The van der Waals surface area contributed by atoms with Gasteiger partial charge in [0.05, 0.1) is 14.2 Å². The van der Waals surface area contributed by atoms with Crippen LogP contribution < -0.4 is 25.7 Å². The van der Waals surface area contributed by atoms with E-state index < -0.39 is 0 Å². The summed E-state index contributed by atoms with van der Waals surface area (Å²) in [6, 6.07) is 28.5. The van der Waals surface area contributed by atoms with Crippen molar-refractivity contribution in [2.24, 2.45) is 5.73 Å². The van der Waals surface area contributed by atoms with Gasteiger partial charge in [-0.25, -0.2) is 0 Å². The van der Waals surface area contributed by atoms with Gasteiger partial charge in [-0.3, -0.25) is 15.0 Å². The molecular weight excluding hydrogens is 590 g/mol. The summed E-state index contributed by atoms with van der Waals surface area (Å²) < 4.78 is 10.8. The summed E-state index contributed by atoms with van der Waals surface area (Å²) in [6.45, 7) is 2.40. The molecule has 0 aliphatic carbocycles. The average molecular weight is 626 g/mol. The van der Waals surface area contributed by atoms with Gasteiger partial charge in [-0.15, -0.1) is 0 Å². The molecule has 0 spiro atoms. The summed E-state index contributed by atoms with van der Waals surface area (Å²) in [5.41, 5.74) is 14.2. The van der Waals surface area contributed by atoms with E-state index >= 15 is 0 Å². The lowest BCUT2D eigenvalue weighted by atomic mass is 10.0. The Morgan fingerprint density at radius 2 is 1.49 bits per heavy atom. The van der Waals surface area contributed by atoms with Crippen LogP contribution in [-0.4, -0.2) is 42.5 Å². The summed E-state index contributed by atoms with van der Waals surface area (Å²) in [5.74, 6) is 1.15. The molecule has 0 fully saturated rings. The number of aryl methyl sites for hydroxylation is 1. The molecule has 9 nitrogen and oxygen atoms in total. The van der Waals surface area contributed by atoms with Crippen LogP contribution in [0.25, 0.3) is 33.2 Å². The Morgan fingerprint density at radius 3 is 2.17 bits per heavy atom. The average Bonchev–Trinajstić information content (AvgIpc) is 3.52. The Bertz CT molecular complexity index is 2140. The number of carbonyl (C=O) groups excluding carboxylic acids is 1. The van der Waals surface area contributed by atoms with Crippen LogP contribution in [0, 0.1) is 12.3 Å². The van der Waals surface area contributed by atoms with Gasteiger partial charge in [0.1, 0.15) is 5.84 Å². The molecule has 0 radical (unpaired) electrons. The number of hydrogen-bond donors (Lipinski definition) is 4. The number of hydrogen-bond acceptors (Lipinski definition) is 5. The number of aromatic nitrogens is 2. The normalized spacial score (nSPS) is 11.0. The van der Waals surface area contributed by atoms with Crippen molar-refractivity contribution in [2.75, 3.05) is 25.7 Å². The van der Waals surface area contributed by atoms with Crippen LogP contribution in [0.15, 0.2) is 108 Å². The molecule has 9 heteroatoms. The molecule has 0 saturated heterocycles. The van der Waals surface area contributed by atoms with Crippen LogP contribution in [0.3, 0.4) is 0 Å². The first-order valence-corrected chi connectivity index (χ1v) is 15.1. The number of ether oxygens (including phenoxy) is 2. The fourth-order valence-electron chi connectivity index (χ4n) is 5.82. The standard InChI is InChI=1S/C38H35N5O4/c1-23-18-27(29-11-15-36(44)42-21-29)9-13-33(23)43(17-16-24-4-12-32-30(19-24)31(22-41-32)37(39)40)38(45)26-7-5-25(6-8-26)28-10-14-34(46-2)35(20-28)47-3/h4-15,18-22,41H,16-17H2,1-3H3,(H3,39,40)(H,42,44).